The molecule has 0 N–H and O–H groups in total. The van der Waals surface area contributed by atoms with Crippen LogP contribution in [0.5, 0.6) is 0 Å². The van der Waals surface area contributed by atoms with Gasteiger partial charge in [0, 0.05) is 10.9 Å². The topological polar surface area (TPSA) is 48.5 Å². The minimum Gasteiger partial charge on any atom is -0.320 e. The third kappa shape index (κ3) is 3.56. The summed E-state index contributed by atoms with van der Waals surface area (Å²) in [6.07, 6.45) is 1.09. The Morgan fingerprint density at radius 3 is 2.50 bits per heavy atom. The monoisotopic (exact) mass is 391 g/mol. The average Bonchev–Trinajstić information content (AvgIpc) is 3.23. The van der Waals surface area contributed by atoms with Gasteiger partial charge in [0.1, 0.15) is 5.82 Å². The standard InChI is InChI=1S/C22H25N5S/c1-5-16(3)28-22-25-24-21(27(22)18-12-10-15(2)11-13-18)14-26-17(4)23-19-8-6-7-9-20(19)26/h6-13,16H,5,14H2,1-4H3. The third-order valence-corrected chi connectivity index (χ3v) is 6.23. The Kier molecular flexibility index (Phi) is 5.22. The van der Waals surface area contributed by atoms with Crippen LogP contribution in [0.4, 0.5) is 0 Å². The second kappa shape index (κ2) is 7.80. The lowest BCUT2D eigenvalue weighted by Crippen LogP contribution is -2.10. The van der Waals surface area contributed by atoms with E-state index in [1.54, 1.807) is 11.8 Å². The first-order valence-corrected chi connectivity index (χ1v) is 10.5. The van der Waals surface area contributed by atoms with Gasteiger partial charge in [-0.15, -0.1) is 10.2 Å². The molecule has 0 saturated carbocycles. The Morgan fingerprint density at radius 2 is 1.75 bits per heavy atom. The van der Waals surface area contributed by atoms with Gasteiger partial charge in [-0.3, -0.25) is 4.57 Å². The van der Waals surface area contributed by atoms with Gasteiger partial charge in [0.05, 0.1) is 17.6 Å². The number of aryl methyl sites for hydroxylation is 2. The third-order valence-electron chi connectivity index (χ3n) is 5.02. The van der Waals surface area contributed by atoms with Crippen molar-refractivity contribution in [3.05, 3.63) is 65.7 Å². The summed E-state index contributed by atoms with van der Waals surface area (Å²) in [5, 5.41) is 10.5. The van der Waals surface area contributed by atoms with E-state index in [0.29, 0.717) is 11.8 Å². The average molecular weight is 392 g/mol. The highest BCUT2D eigenvalue weighted by molar-refractivity contribution is 7.99. The Labute approximate surface area is 169 Å². The van der Waals surface area contributed by atoms with Crippen molar-refractivity contribution < 1.29 is 0 Å². The lowest BCUT2D eigenvalue weighted by Gasteiger charge is -2.14. The molecule has 5 nitrogen and oxygen atoms in total. The lowest BCUT2D eigenvalue weighted by molar-refractivity contribution is 0.710. The first-order chi connectivity index (χ1) is 13.6. The van der Waals surface area contributed by atoms with E-state index in [9.17, 15) is 0 Å². The molecule has 0 amide bonds. The van der Waals surface area contributed by atoms with Gasteiger partial charge in [-0.2, -0.15) is 0 Å². The fraction of sp³-hybridized carbons (Fsp3) is 0.318. The molecule has 4 rings (SSSR count). The molecule has 1 unspecified atom stereocenters. The van der Waals surface area contributed by atoms with Crippen molar-refractivity contribution in [1.29, 1.82) is 0 Å². The normalized spacial score (nSPS) is 12.6. The van der Waals surface area contributed by atoms with Gasteiger partial charge >= 0.3 is 0 Å². The molecule has 2 aromatic heterocycles. The SMILES string of the molecule is CCC(C)Sc1nnc(Cn2c(C)nc3ccccc32)n1-c1ccc(C)cc1. The summed E-state index contributed by atoms with van der Waals surface area (Å²) in [7, 11) is 0. The predicted molar refractivity (Wildman–Crippen MR) is 115 cm³/mol. The quantitative estimate of drug-likeness (QED) is 0.425. The fourth-order valence-corrected chi connectivity index (χ4v) is 4.16. The van der Waals surface area contributed by atoms with E-state index in [2.05, 4.69) is 76.5 Å². The number of aromatic nitrogens is 5. The molecule has 0 spiro atoms. The number of hydrogen-bond donors (Lipinski definition) is 0. The number of imidazole rings is 1. The molecule has 0 aliphatic rings. The molecule has 2 aromatic carbocycles. The van der Waals surface area contributed by atoms with Crippen LogP contribution >= 0.6 is 11.8 Å². The maximum Gasteiger partial charge on any atom is 0.196 e. The largest absolute Gasteiger partial charge is 0.320 e. The summed E-state index contributed by atoms with van der Waals surface area (Å²) in [5.74, 6) is 1.90. The minimum absolute atomic E-state index is 0.483. The molecule has 0 aliphatic heterocycles. The van der Waals surface area contributed by atoms with Gasteiger partial charge < -0.3 is 4.57 Å². The van der Waals surface area contributed by atoms with E-state index in [1.165, 1.54) is 5.56 Å². The van der Waals surface area contributed by atoms with Crippen LogP contribution in [-0.4, -0.2) is 29.6 Å². The van der Waals surface area contributed by atoms with E-state index in [4.69, 9.17) is 4.98 Å². The van der Waals surface area contributed by atoms with Crippen molar-refractivity contribution in [2.75, 3.05) is 0 Å². The van der Waals surface area contributed by atoms with Crippen LogP contribution in [0.25, 0.3) is 16.7 Å². The van der Waals surface area contributed by atoms with Gasteiger partial charge in [0.15, 0.2) is 11.0 Å². The van der Waals surface area contributed by atoms with Crippen molar-refractivity contribution in [3.63, 3.8) is 0 Å². The van der Waals surface area contributed by atoms with E-state index in [0.717, 1.165) is 39.9 Å². The van der Waals surface area contributed by atoms with Crippen LogP contribution in [-0.2, 0) is 6.54 Å². The highest BCUT2D eigenvalue weighted by Crippen LogP contribution is 2.28. The Balaban J connectivity index is 1.80. The van der Waals surface area contributed by atoms with Crippen molar-refractivity contribution in [2.45, 2.75) is 51.1 Å². The van der Waals surface area contributed by atoms with Gasteiger partial charge in [0.25, 0.3) is 0 Å². The van der Waals surface area contributed by atoms with Crippen LogP contribution in [0.3, 0.4) is 0 Å². The predicted octanol–water partition coefficient (Wildman–Crippen LogP) is 5.17. The Bertz CT molecular complexity index is 1090. The first kappa shape index (κ1) is 18.7. The molecule has 0 aliphatic carbocycles. The zero-order valence-corrected chi connectivity index (χ0v) is 17.6. The van der Waals surface area contributed by atoms with E-state index in [-0.39, 0.29) is 0 Å². The number of fused-ring (bicyclic) bond motifs is 1. The number of nitrogens with zero attached hydrogens (tertiary/aromatic N) is 5. The van der Waals surface area contributed by atoms with E-state index in [1.807, 2.05) is 19.1 Å². The zero-order valence-electron chi connectivity index (χ0n) is 16.8. The highest BCUT2D eigenvalue weighted by Gasteiger charge is 2.18. The smallest absolute Gasteiger partial charge is 0.196 e. The molecule has 0 bridgehead atoms. The first-order valence-electron chi connectivity index (χ1n) is 9.66. The molecular weight excluding hydrogens is 366 g/mol. The van der Waals surface area contributed by atoms with Crippen LogP contribution in [0.1, 0.15) is 37.5 Å². The van der Waals surface area contributed by atoms with Crippen molar-refractivity contribution >= 4 is 22.8 Å². The van der Waals surface area contributed by atoms with E-state index >= 15 is 0 Å². The van der Waals surface area contributed by atoms with Gasteiger partial charge in [-0.25, -0.2) is 4.98 Å². The Hall–Kier alpha value is -2.60. The summed E-state index contributed by atoms with van der Waals surface area (Å²) in [5.41, 5.74) is 4.47. The summed E-state index contributed by atoms with van der Waals surface area (Å²) >= 11 is 1.77. The number of rotatable bonds is 6. The molecule has 0 saturated heterocycles. The molecule has 4 aromatic rings. The van der Waals surface area contributed by atoms with E-state index < -0.39 is 0 Å². The number of benzene rings is 2. The highest BCUT2D eigenvalue weighted by atomic mass is 32.2. The molecule has 144 valence electrons. The molecule has 28 heavy (non-hydrogen) atoms. The summed E-state index contributed by atoms with van der Waals surface area (Å²) < 4.78 is 4.40. The summed E-state index contributed by atoms with van der Waals surface area (Å²) in [6, 6.07) is 16.8. The fourth-order valence-electron chi connectivity index (χ4n) is 3.23. The maximum atomic E-state index is 4.69. The second-order valence-electron chi connectivity index (χ2n) is 7.14. The van der Waals surface area contributed by atoms with Crippen molar-refractivity contribution in [1.82, 2.24) is 24.3 Å². The van der Waals surface area contributed by atoms with Crippen LogP contribution in [0.2, 0.25) is 0 Å². The van der Waals surface area contributed by atoms with Crippen molar-refractivity contribution in [2.24, 2.45) is 0 Å². The molecular formula is C22H25N5S. The molecule has 1 atom stereocenters. The lowest BCUT2D eigenvalue weighted by atomic mass is 10.2. The second-order valence-corrected chi connectivity index (χ2v) is 8.55. The Morgan fingerprint density at radius 1 is 1.00 bits per heavy atom. The van der Waals surface area contributed by atoms with Gasteiger partial charge in [-0.1, -0.05) is 55.4 Å². The van der Waals surface area contributed by atoms with Crippen LogP contribution < -0.4 is 0 Å². The van der Waals surface area contributed by atoms with Crippen LogP contribution in [0, 0.1) is 13.8 Å². The van der Waals surface area contributed by atoms with Gasteiger partial charge in [-0.05, 0) is 44.5 Å². The number of para-hydroxylation sites is 2. The van der Waals surface area contributed by atoms with Crippen molar-refractivity contribution in [3.8, 4) is 5.69 Å². The number of hydrogen-bond acceptors (Lipinski definition) is 4. The summed E-state index contributed by atoms with van der Waals surface area (Å²) in [6.45, 7) is 9.21. The van der Waals surface area contributed by atoms with Gasteiger partial charge in [0.2, 0.25) is 0 Å². The zero-order chi connectivity index (χ0) is 19.7. The summed E-state index contributed by atoms with van der Waals surface area (Å²) in [4.78, 5) is 4.69. The maximum absolute atomic E-state index is 4.69. The molecule has 6 heteroatoms. The molecule has 0 radical (unpaired) electrons. The molecule has 0 fully saturated rings. The number of thioether (sulfide) groups is 1. The minimum atomic E-state index is 0.483. The molecule has 2 heterocycles. The van der Waals surface area contributed by atoms with Crippen LogP contribution in [0.15, 0.2) is 53.7 Å².